The van der Waals surface area contributed by atoms with Gasteiger partial charge >= 0.3 is 5.97 Å². The van der Waals surface area contributed by atoms with Crippen molar-refractivity contribution >= 4 is 41.0 Å². The van der Waals surface area contributed by atoms with Crippen molar-refractivity contribution in [2.45, 2.75) is 23.6 Å². The van der Waals surface area contributed by atoms with Crippen molar-refractivity contribution in [3.05, 3.63) is 113 Å². The molecule has 42 heavy (non-hydrogen) atoms. The Hall–Kier alpha value is -5.14. The summed E-state index contributed by atoms with van der Waals surface area (Å²) in [6.07, 6.45) is -0.109. The molecular weight excluding hydrogens is 557 g/mol. The lowest BCUT2D eigenvalue weighted by Crippen LogP contribution is -2.31. The highest BCUT2D eigenvalue weighted by atomic mass is 32.2. The van der Waals surface area contributed by atoms with E-state index in [0.29, 0.717) is 16.8 Å². The molecule has 4 aromatic rings. The number of esters is 1. The summed E-state index contributed by atoms with van der Waals surface area (Å²) >= 11 is 1.02. The van der Waals surface area contributed by atoms with Gasteiger partial charge in [-0.3, -0.25) is 14.4 Å². The number of carbonyl (C=O) groups is 4. The fraction of sp³-hybridized carbons (Fsp3) is 0.125. The summed E-state index contributed by atoms with van der Waals surface area (Å²) in [5.74, 6) is -2.37. The quantitative estimate of drug-likeness (QED) is 0.152. The molecule has 10 heteroatoms. The average molecular weight is 580 g/mol. The second-order valence-corrected chi connectivity index (χ2v) is 10.6. The number of nitriles is 1. The third kappa shape index (κ3) is 6.11. The highest BCUT2D eigenvalue weighted by Gasteiger charge is 2.40. The molecule has 2 heterocycles. The minimum atomic E-state index is -0.821. The number of carbonyl (C=O) groups excluding carboxylic acids is 4. The second-order valence-electron chi connectivity index (χ2n) is 9.46. The number of Topliss-reactive ketones (excluding diaryl/α,β-unsaturated/α-hetero) is 1. The number of aryl methyl sites for hydroxylation is 1. The van der Waals surface area contributed by atoms with E-state index in [2.05, 4.69) is 11.1 Å². The summed E-state index contributed by atoms with van der Waals surface area (Å²) in [6.45, 7) is 1.48. The van der Waals surface area contributed by atoms with E-state index in [4.69, 9.17) is 4.74 Å². The maximum absolute atomic E-state index is 13.3. The number of ether oxygens (including phenoxy) is 1. The molecule has 1 aliphatic rings. The lowest BCUT2D eigenvalue weighted by atomic mass is 10.1. The van der Waals surface area contributed by atoms with Gasteiger partial charge in [0.1, 0.15) is 16.9 Å². The SMILES string of the molecule is Cc1ccc(C(=O)COC(=O)c2ccc(N3C(=O)CC(Sc4nc(-c5ccc(F)cc5)ccc4C#N)C3=O)cc2)cc1. The van der Waals surface area contributed by atoms with Gasteiger partial charge in [0.05, 0.1) is 27.8 Å². The van der Waals surface area contributed by atoms with E-state index in [0.717, 1.165) is 22.2 Å². The lowest BCUT2D eigenvalue weighted by Gasteiger charge is -2.15. The molecule has 208 valence electrons. The average Bonchev–Trinajstić information content (AvgIpc) is 3.28. The zero-order chi connectivity index (χ0) is 29.8. The van der Waals surface area contributed by atoms with E-state index in [1.54, 1.807) is 48.5 Å². The van der Waals surface area contributed by atoms with Crippen molar-refractivity contribution in [1.82, 2.24) is 4.98 Å². The first-order valence-electron chi connectivity index (χ1n) is 12.8. The summed E-state index contributed by atoms with van der Waals surface area (Å²) in [5.41, 5.74) is 3.23. The van der Waals surface area contributed by atoms with Crippen molar-refractivity contribution in [2.75, 3.05) is 11.5 Å². The normalized spacial score (nSPS) is 14.5. The van der Waals surface area contributed by atoms with E-state index in [1.165, 1.54) is 36.4 Å². The first kappa shape index (κ1) is 28.4. The molecule has 0 bridgehead atoms. The van der Waals surface area contributed by atoms with Gasteiger partial charge in [-0.1, -0.05) is 41.6 Å². The summed E-state index contributed by atoms with van der Waals surface area (Å²) in [5, 5.41) is 9.04. The number of anilines is 1. The van der Waals surface area contributed by atoms with Crippen LogP contribution in [0.25, 0.3) is 11.3 Å². The van der Waals surface area contributed by atoms with Gasteiger partial charge in [0, 0.05) is 17.5 Å². The molecule has 1 fully saturated rings. The number of amides is 2. The second kappa shape index (κ2) is 12.2. The van der Waals surface area contributed by atoms with Crippen molar-refractivity contribution < 1.29 is 28.3 Å². The van der Waals surface area contributed by atoms with E-state index in [9.17, 15) is 28.8 Å². The molecule has 1 aliphatic heterocycles. The number of rotatable bonds is 8. The molecule has 1 atom stereocenters. The number of hydrogen-bond donors (Lipinski definition) is 0. The van der Waals surface area contributed by atoms with Gasteiger partial charge in [0.25, 0.3) is 0 Å². The minimum absolute atomic E-state index is 0.109. The van der Waals surface area contributed by atoms with Crippen molar-refractivity contribution in [1.29, 1.82) is 5.26 Å². The molecule has 3 aromatic carbocycles. The zero-order valence-corrected chi connectivity index (χ0v) is 23.1. The van der Waals surface area contributed by atoms with Gasteiger partial charge in [-0.2, -0.15) is 5.26 Å². The van der Waals surface area contributed by atoms with Crippen LogP contribution in [0, 0.1) is 24.1 Å². The van der Waals surface area contributed by atoms with Crippen LogP contribution in [0.5, 0.6) is 0 Å². The van der Waals surface area contributed by atoms with Gasteiger partial charge in [0.2, 0.25) is 11.8 Å². The predicted molar refractivity (Wildman–Crippen MR) is 153 cm³/mol. The van der Waals surface area contributed by atoms with Gasteiger partial charge in [-0.05, 0) is 67.6 Å². The fourth-order valence-corrected chi connectivity index (χ4v) is 5.38. The van der Waals surface area contributed by atoms with E-state index >= 15 is 0 Å². The lowest BCUT2D eigenvalue weighted by molar-refractivity contribution is -0.121. The summed E-state index contributed by atoms with van der Waals surface area (Å²) in [7, 11) is 0. The summed E-state index contributed by atoms with van der Waals surface area (Å²) in [4.78, 5) is 56.4. The third-order valence-corrected chi connectivity index (χ3v) is 7.74. The molecule has 0 radical (unpaired) electrons. The Balaban J connectivity index is 1.26. The first-order chi connectivity index (χ1) is 20.2. The number of aromatic nitrogens is 1. The van der Waals surface area contributed by atoms with Crippen molar-refractivity contribution in [3.8, 4) is 17.3 Å². The Kier molecular flexibility index (Phi) is 8.22. The molecule has 2 amide bonds. The third-order valence-electron chi connectivity index (χ3n) is 6.55. The number of nitrogens with zero attached hydrogens (tertiary/aromatic N) is 3. The van der Waals surface area contributed by atoms with Crippen molar-refractivity contribution in [2.24, 2.45) is 0 Å². The highest BCUT2D eigenvalue weighted by molar-refractivity contribution is 8.00. The molecule has 5 rings (SSSR count). The van der Waals surface area contributed by atoms with Crippen LogP contribution in [0.1, 0.15) is 38.3 Å². The van der Waals surface area contributed by atoms with Crippen LogP contribution in [0.2, 0.25) is 0 Å². The number of thioether (sulfide) groups is 1. The van der Waals surface area contributed by atoms with E-state index < -0.39 is 35.5 Å². The Morgan fingerprint density at radius 2 is 1.64 bits per heavy atom. The van der Waals surface area contributed by atoms with Crippen LogP contribution in [0.3, 0.4) is 0 Å². The van der Waals surface area contributed by atoms with Crippen LogP contribution in [-0.2, 0) is 14.3 Å². The van der Waals surface area contributed by atoms with E-state index in [-0.39, 0.29) is 34.0 Å². The first-order valence-corrected chi connectivity index (χ1v) is 13.7. The molecule has 8 nitrogen and oxygen atoms in total. The number of halogens is 1. The zero-order valence-electron chi connectivity index (χ0n) is 22.2. The fourth-order valence-electron chi connectivity index (χ4n) is 4.28. The largest absolute Gasteiger partial charge is 0.454 e. The smallest absolute Gasteiger partial charge is 0.338 e. The van der Waals surface area contributed by atoms with Crippen molar-refractivity contribution in [3.63, 3.8) is 0 Å². The minimum Gasteiger partial charge on any atom is -0.454 e. The maximum atomic E-state index is 13.3. The van der Waals surface area contributed by atoms with Crippen LogP contribution in [0.15, 0.2) is 90.0 Å². The standard InChI is InChI=1S/C32H22FN3O5S/c1-19-2-4-21(5-3-19)27(37)18-41-32(40)22-8-13-25(14-9-22)36-29(38)16-28(31(36)39)42-30-23(17-34)10-15-26(35-30)20-6-11-24(33)12-7-20/h2-15,28H,16,18H2,1H3. The number of pyridine rings is 1. The predicted octanol–water partition coefficient (Wildman–Crippen LogP) is 5.53. The summed E-state index contributed by atoms with van der Waals surface area (Å²) in [6, 6.07) is 23.6. The van der Waals surface area contributed by atoms with Gasteiger partial charge in [-0.25, -0.2) is 19.1 Å². The topological polar surface area (TPSA) is 117 Å². The molecule has 0 N–H and O–H groups in total. The van der Waals surface area contributed by atoms with Crippen LogP contribution in [0.4, 0.5) is 10.1 Å². The Labute approximate surface area is 244 Å². The molecule has 0 saturated carbocycles. The van der Waals surface area contributed by atoms with Crippen LogP contribution in [-0.4, -0.2) is 40.4 Å². The monoisotopic (exact) mass is 579 g/mol. The number of ketones is 1. The molecule has 0 spiro atoms. The number of hydrogen-bond acceptors (Lipinski definition) is 8. The Morgan fingerprint density at radius 1 is 0.976 bits per heavy atom. The Bertz CT molecular complexity index is 1730. The number of imide groups is 1. The molecular formula is C32H22FN3O5S. The van der Waals surface area contributed by atoms with Crippen LogP contribution >= 0.6 is 11.8 Å². The van der Waals surface area contributed by atoms with Gasteiger partial charge in [0.15, 0.2) is 12.4 Å². The summed E-state index contributed by atoms with van der Waals surface area (Å²) < 4.78 is 18.5. The number of benzene rings is 3. The maximum Gasteiger partial charge on any atom is 0.338 e. The van der Waals surface area contributed by atoms with Gasteiger partial charge < -0.3 is 4.74 Å². The molecule has 0 aliphatic carbocycles. The molecule has 1 aromatic heterocycles. The molecule has 1 unspecified atom stereocenters. The van der Waals surface area contributed by atoms with E-state index in [1.807, 2.05) is 6.92 Å². The van der Waals surface area contributed by atoms with Crippen LogP contribution < -0.4 is 4.90 Å². The molecule has 1 saturated heterocycles. The van der Waals surface area contributed by atoms with Gasteiger partial charge in [-0.15, -0.1) is 0 Å². The highest BCUT2D eigenvalue weighted by Crippen LogP contribution is 2.35. The Morgan fingerprint density at radius 3 is 2.31 bits per heavy atom.